The topological polar surface area (TPSA) is 20.2 Å². The molecule has 1 atom stereocenters. The van der Waals surface area contributed by atoms with Crippen molar-refractivity contribution in [3.8, 4) is 0 Å². The molecule has 2 aromatic carbocycles. The molecule has 0 saturated carbocycles. The van der Waals surface area contributed by atoms with Crippen LogP contribution in [0, 0.1) is 12.7 Å². The Balaban J connectivity index is 2.36. The molecule has 0 fully saturated rings. The van der Waals surface area contributed by atoms with Crippen LogP contribution in [-0.2, 0) is 0 Å². The Bertz CT molecular complexity index is 539. The van der Waals surface area contributed by atoms with E-state index in [1.165, 1.54) is 12.1 Å². The van der Waals surface area contributed by atoms with Crippen LogP contribution in [0.4, 0.5) is 4.39 Å². The van der Waals surface area contributed by atoms with Gasteiger partial charge in [0.2, 0.25) is 0 Å². The lowest BCUT2D eigenvalue weighted by molar-refractivity contribution is 0.219. The number of aliphatic hydroxyl groups is 1. The zero-order valence-corrected chi connectivity index (χ0v) is 10.1. The van der Waals surface area contributed by atoms with Gasteiger partial charge in [-0.15, -0.1) is 0 Å². The molecular weight excluding hydrogens is 239 g/mol. The minimum Gasteiger partial charge on any atom is -0.384 e. The van der Waals surface area contributed by atoms with Gasteiger partial charge in [0.15, 0.2) is 0 Å². The second-order valence-electron chi connectivity index (χ2n) is 3.99. The lowest BCUT2D eigenvalue weighted by Crippen LogP contribution is -2.00. The number of hydrogen-bond acceptors (Lipinski definition) is 1. The first-order valence-electron chi connectivity index (χ1n) is 5.27. The molecule has 2 aromatic rings. The average Bonchev–Trinajstić information content (AvgIpc) is 2.32. The van der Waals surface area contributed by atoms with E-state index in [-0.39, 0.29) is 5.02 Å². The van der Waals surface area contributed by atoms with Crippen LogP contribution in [0.3, 0.4) is 0 Å². The standard InChI is InChI=1S/C14H12ClFO/c1-9-3-2-4-10(7-9)14(17)11-5-6-12(15)13(16)8-11/h2-8,14,17H,1H3/t14-/m1/s1. The summed E-state index contributed by atoms with van der Waals surface area (Å²) in [5.74, 6) is -0.518. The lowest BCUT2D eigenvalue weighted by atomic mass is 10.00. The van der Waals surface area contributed by atoms with E-state index >= 15 is 0 Å². The summed E-state index contributed by atoms with van der Waals surface area (Å²) in [6.45, 7) is 1.94. The summed E-state index contributed by atoms with van der Waals surface area (Å²) >= 11 is 5.60. The quantitative estimate of drug-likeness (QED) is 0.858. The number of hydrogen-bond donors (Lipinski definition) is 1. The highest BCUT2D eigenvalue weighted by atomic mass is 35.5. The Hall–Kier alpha value is -1.38. The number of benzene rings is 2. The van der Waals surface area contributed by atoms with E-state index in [4.69, 9.17) is 11.6 Å². The first-order chi connectivity index (χ1) is 8.08. The molecule has 0 radical (unpaired) electrons. The predicted molar refractivity (Wildman–Crippen MR) is 66.7 cm³/mol. The van der Waals surface area contributed by atoms with Crippen LogP contribution in [0.25, 0.3) is 0 Å². The first kappa shape index (κ1) is 12.1. The van der Waals surface area contributed by atoms with Gasteiger partial charge >= 0.3 is 0 Å². The Morgan fingerprint density at radius 1 is 1.12 bits per heavy atom. The third-order valence-electron chi connectivity index (χ3n) is 2.62. The third kappa shape index (κ3) is 2.65. The van der Waals surface area contributed by atoms with E-state index in [0.717, 1.165) is 11.1 Å². The fraction of sp³-hybridized carbons (Fsp3) is 0.143. The van der Waals surface area contributed by atoms with Crippen molar-refractivity contribution in [2.24, 2.45) is 0 Å². The molecule has 0 aliphatic carbocycles. The lowest BCUT2D eigenvalue weighted by Gasteiger charge is -2.12. The molecule has 3 heteroatoms. The van der Waals surface area contributed by atoms with Crippen LogP contribution in [0.1, 0.15) is 22.8 Å². The van der Waals surface area contributed by atoms with Crippen LogP contribution < -0.4 is 0 Å². The maximum Gasteiger partial charge on any atom is 0.142 e. The predicted octanol–water partition coefficient (Wildman–Crippen LogP) is 3.87. The van der Waals surface area contributed by atoms with Crippen molar-refractivity contribution in [3.05, 3.63) is 70.0 Å². The van der Waals surface area contributed by atoms with E-state index in [1.807, 2.05) is 31.2 Å². The zero-order chi connectivity index (χ0) is 12.4. The van der Waals surface area contributed by atoms with Crippen molar-refractivity contribution in [1.29, 1.82) is 0 Å². The summed E-state index contributed by atoms with van der Waals surface area (Å²) in [4.78, 5) is 0. The van der Waals surface area contributed by atoms with Crippen molar-refractivity contribution in [3.63, 3.8) is 0 Å². The van der Waals surface area contributed by atoms with Gasteiger partial charge < -0.3 is 5.11 Å². The molecule has 0 aliphatic rings. The Morgan fingerprint density at radius 2 is 1.82 bits per heavy atom. The van der Waals surface area contributed by atoms with Crippen molar-refractivity contribution in [1.82, 2.24) is 0 Å². The summed E-state index contributed by atoms with van der Waals surface area (Å²) in [5.41, 5.74) is 2.29. The van der Waals surface area contributed by atoms with Gasteiger partial charge in [-0.05, 0) is 30.2 Å². The van der Waals surface area contributed by atoms with E-state index in [0.29, 0.717) is 5.56 Å². The van der Waals surface area contributed by atoms with Crippen molar-refractivity contribution >= 4 is 11.6 Å². The second kappa shape index (κ2) is 4.86. The first-order valence-corrected chi connectivity index (χ1v) is 5.65. The van der Waals surface area contributed by atoms with Gasteiger partial charge in [0.1, 0.15) is 11.9 Å². The minimum absolute atomic E-state index is 0.0604. The normalized spacial score (nSPS) is 12.5. The van der Waals surface area contributed by atoms with Crippen molar-refractivity contribution in [2.75, 3.05) is 0 Å². The van der Waals surface area contributed by atoms with Crippen LogP contribution in [-0.4, -0.2) is 5.11 Å². The van der Waals surface area contributed by atoms with Gasteiger partial charge in [-0.2, -0.15) is 0 Å². The third-order valence-corrected chi connectivity index (χ3v) is 2.92. The highest BCUT2D eigenvalue weighted by molar-refractivity contribution is 6.30. The average molecular weight is 251 g/mol. The summed E-state index contributed by atoms with van der Waals surface area (Å²) in [5, 5.41) is 10.2. The molecule has 1 N–H and O–H groups in total. The molecule has 0 saturated heterocycles. The number of aliphatic hydroxyl groups excluding tert-OH is 1. The van der Waals surface area contributed by atoms with Crippen molar-refractivity contribution in [2.45, 2.75) is 13.0 Å². The maximum absolute atomic E-state index is 13.3. The highest BCUT2D eigenvalue weighted by Crippen LogP contribution is 2.25. The van der Waals surface area contributed by atoms with Gasteiger partial charge in [-0.25, -0.2) is 4.39 Å². The summed E-state index contributed by atoms with van der Waals surface area (Å²) in [6, 6.07) is 11.8. The van der Waals surface area contributed by atoms with Crippen LogP contribution in [0.5, 0.6) is 0 Å². The Labute approximate surface area is 104 Å². The van der Waals surface area contributed by atoms with Crippen LogP contribution in [0.2, 0.25) is 5.02 Å². The molecule has 0 spiro atoms. The molecule has 0 aliphatic heterocycles. The number of halogens is 2. The Kier molecular flexibility index (Phi) is 3.46. The SMILES string of the molecule is Cc1cccc([C@@H](O)c2ccc(Cl)c(F)c2)c1. The molecule has 0 amide bonds. The van der Waals surface area contributed by atoms with Gasteiger partial charge in [0.05, 0.1) is 5.02 Å². The van der Waals surface area contributed by atoms with E-state index < -0.39 is 11.9 Å². The second-order valence-corrected chi connectivity index (χ2v) is 4.40. The summed E-state index contributed by atoms with van der Waals surface area (Å²) in [6.07, 6.45) is -0.832. The van der Waals surface area contributed by atoms with E-state index in [1.54, 1.807) is 6.07 Å². The van der Waals surface area contributed by atoms with Gasteiger partial charge in [0.25, 0.3) is 0 Å². The smallest absolute Gasteiger partial charge is 0.142 e. The largest absolute Gasteiger partial charge is 0.384 e. The molecule has 0 aromatic heterocycles. The van der Waals surface area contributed by atoms with Crippen molar-refractivity contribution < 1.29 is 9.50 Å². The monoisotopic (exact) mass is 250 g/mol. The van der Waals surface area contributed by atoms with Gasteiger partial charge in [-0.1, -0.05) is 47.5 Å². The molecule has 1 nitrogen and oxygen atoms in total. The molecular formula is C14H12ClFO. The highest BCUT2D eigenvalue weighted by Gasteiger charge is 2.12. The molecule has 17 heavy (non-hydrogen) atoms. The van der Waals surface area contributed by atoms with Gasteiger partial charge in [-0.3, -0.25) is 0 Å². The summed E-state index contributed by atoms with van der Waals surface area (Å²) in [7, 11) is 0. The zero-order valence-electron chi connectivity index (χ0n) is 9.32. The minimum atomic E-state index is -0.832. The molecule has 88 valence electrons. The molecule has 2 rings (SSSR count). The fourth-order valence-electron chi connectivity index (χ4n) is 1.72. The van der Waals surface area contributed by atoms with E-state index in [2.05, 4.69) is 0 Å². The molecule has 0 bridgehead atoms. The Morgan fingerprint density at radius 3 is 2.47 bits per heavy atom. The molecule has 0 unspecified atom stereocenters. The van der Waals surface area contributed by atoms with Gasteiger partial charge in [0, 0.05) is 0 Å². The fourth-order valence-corrected chi connectivity index (χ4v) is 1.83. The molecule has 0 heterocycles. The number of aryl methyl sites for hydroxylation is 1. The van der Waals surface area contributed by atoms with Crippen LogP contribution in [0.15, 0.2) is 42.5 Å². The van der Waals surface area contributed by atoms with Crippen LogP contribution >= 0.6 is 11.6 Å². The van der Waals surface area contributed by atoms with E-state index in [9.17, 15) is 9.50 Å². The number of rotatable bonds is 2. The summed E-state index contributed by atoms with van der Waals surface area (Å²) < 4.78 is 13.3. The maximum atomic E-state index is 13.3.